The summed E-state index contributed by atoms with van der Waals surface area (Å²) in [5.74, 6) is 1.11. The third-order valence-electron chi connectivity index (χ3n) is 4.39. The highest BCUT2D eigenvalue weighted by Gasteiger charge is 2.16. The first-order chi connectivity index (χ1) is 12.9. The molecule has 1 amide bonds. The molecule has 0 atom stereocenters. The molecule has 1 N–H and O–H groups in total. The van der Waals surface area contributed by atoms with Gasteiger partial charge in [-0.25, -0.2) is 0 Å². The Balaban J connectivity index is 1.72. The number of nitrogens with one attached hydrogen (secondary N) is 1. The van der Waals surface area contributed by atoms with Crippen LogP contribution in [0.5, 0.6) is 11.5 Å². The van der Waals surface area contributed by atoms with Crippen molar-refractivity contribution in [3.05, 3.63) is 30.1 Å². The second kappa shape index (κ2) is 7.69. The van der Waals surface area contributed by atoms with Crippen molar-refractivity contribution >= 4 is 22.6 Å². The fourth-order valence-electron chi connectivity index (χ4n) is 3.07. The SMILES string of the molecule is COc1ccc(OC)c(NC(=O)CCn2ncc3c2c(C)nn3C(C)C)c1. The number of aromatic nitrogens is 4. The molecule has 27 heavy (non-hydrogen) atoms. The van der Waals surface area contributed by atoms with Crippen molar-refractivity contribution in [2.24, 2.45) is 0 Å². The van der Waals surface area contributed by atoms with E-state index < -0.39 is 0 Å². The van der Waals surface area contributed by atoms with Crippen LogP contribution in [0.15, 0.2) is 24.4 Å². The van der Waals surface area contributed by atoms with Gasteiger partial charge in [0.1, 0.15) is 22.5 Å². The lowest BCUT2D eigenvalue weighted by Gasteiger charge is -2.12. The quantitative estimate of drug-likeness (QED) is 0.690. The molecule has 8 nitrogen and oxygen atoms in total. The summed E-state index contributed by atoms with van der Waals surface area (Å²) in [6, 6.07) is 5.53. The number of carbonyl (C=O) groups excluding carboxylic acids is 1. The normalized spacial score (nSPS) is 11.2. The van der Waals surface area contributed by atoms with Crippen LogP contribution in [-0.2, 0) is 11.3 Å². The molecule has 0 unspecified atom stereocenters. The minimum atomic E-state index is -0.126. The van der Waals surface area contributed by atoms with Crippen LogP contribution in [0.2, 0.25) is 0 Å². The topological polar surface area (TPSA) is 83.2 Å². The van der Waals surface area contributed by atoms with E-state index in [1.807, 2.05) is 16.3 Å². The van der Waals surface area contributed by atoms with Gasteiger partial charge in [0, 0.05) is 18.5 Å². The number of benzene rings is 1. The molecule has 0 radical (unpaired) electrons. The molecule has 2 aromatic heterocycles. The Morgan fingerprint density at radius 2 is 2.04 bits per heavy atom. The molecule has 144 valence electrons. The summed E-state index contributed by atoms with van der Waals surface area (Å²) in [5, 5.41) is 11.9. The standard InChI is InChI=1S/C19H25N5O3/c1-12(2)24-16-11-20-23(19(16)13(3)22-24)9-8-18(25)21-15-10-14(26-4)6-7-17(15)27-5/h6-7,10-12H,8-9H2,1-5H3,(H,21,25). The van der Waals surface area contributed by atoms with Crippen molar-refractivity contribution in [3.63, 3.8) is 0 Å². The Kier molecular flexibility index (Phi) is 5.34. The van der Waals surface area contributed by atoms with Crippen LogP contribution in [0, 0.1) is 6.92 Å². The number of rotatable bonds is 7. The fourth-order valence-corrected chi connectivity index (χ4v) is 3.07. The van der Waals surface area contributed by atoms with E-state index in [-0.39, 0.29) is 18.4 Å². The lowest BCUT2D eigenvalue weighted by atomic mass is 10.2. The van der Waals surface area contributed by atoms with Crippen molar-refractivity contribution in [2.45, 2.75) is 39.8 Å². The van der Waals surface area contributed by atoms with E-state index in [0.29, 0.717) is 23.7 Å². The summed E-state index contributed by atoms with van der Waals surface area (Å²) in [5.41, 5.74) is 3.44. The van der Waals surface area contributed by atoms with Gasteiger partial charge < -0.3 is 14.8 Å². The summed E-state index contributed by atoms with van der Waals surface area (Å²) in [6.45, 7) is 6.59. The molecule has 8 heteroatoms. The Labute approximate surface area is 158 Å². The minimum Gasteiger partial charge on any atom is -0.497 e. The monoisotopic (exact) mass is 371 g/mol. The predicted molar refractivity (Wildman–Crippen MR) is 103 cm³/mol. The smallest absolute Gasteiger partial charge is 0.226 e. The zero-order chi connectivity index (χ0) is 19.6. The number of aryl methyl sites for hydroxylation is 2. The maximum absolute atomic E-state index is 12.4. The Morgan fingerprint density at radius 1 is 1.26 bits per heavy atom. The summed E-state index contributed by atoms with van der Waals surface area (Å²) < 4.78 is 14.3. The highest BCUT2D eigenvalue weighted by atomic mass is 16.5. The van der Waals surface area contributed by atoms with E-state index in [1.165, 1.54) is 0 Å². The van der Waals surface area contributed by atoms with Gasteiger partial charge in [0.2, 0.25) is 5.91 Å². The number of amides is 1. The first-order valence-electron chi connectivity index (χ1n) is 8.87. The third-order valence-corrected chi connectivity index (χ3v) is 4.39. The van der Waals surface area contributed by atoms with Crippen LogP contribution in [0.1, 0.15) is 32.0 Å². The summed E-state index contributed by atoms with van der Waals surface area (Å²) in [4.78, 5) is 12.4. The fraction of sp³-hybridized carbons (Fsp3) is 0.421. The van der Waals surface area contributed by atoms with Crippen LogP contribution in [0.25, 0.3) is 11.0 Å². The van der Waals surface area contributed by atoms with Gasteiger partial charge in [-0.3, -0.25) is 14.2 Å². The maximum Gasteiger partial charge on any atom is 0.226 e. The van der Waals surface area contributed by atoms with E-state index in [1.54, 1.807) is 38.6 Å². The van der Waals surface area contributed by atoms with Crippen LogP contribution in [0.4, 0.5) is 5.69 Å². The Hall–Kier alpha value is -3.03. The van der Waals surface area contributed by atoms with Gasteiger partial charge in [0.25, 0.3) is 0 Å². The highest BCUT2D eigenvalue weighted by Crippen LogP contribution is 2.29. The highest BCUT2D eigenvalue weighted by molar-refractivity contribution is 5.92. The summed E-state index contributed by atoms with van der Waals surface area (Å²) >= 11 is 0. The van der Waals surface area contributed by atoms with Gasteiger partial charge in [-0.15, -0.1) is 0 Å². The summed E-state index contributed by atoms with van der Waals surface area (Å²) in [6.07, 6.45) is 2.09. The van der Waals surface area contributed by atoms with E-state index in [9.17, 15) is 4.79 Å². The van der Waals surface area contributed by atoms with E-state index in [2.05, 4.69) is 29.4 Å². The van der Waals surface area contributed by atoms with Crippen molar-refractivity contribution in [3.8, 4) is 11.5 Å². The number of methoxy groups -OCH3 is 2. The van der Waals surface area contributed by atoms with Gasteiger partial charge >= 0.3 is 0 Å². The molecule has 1 aromatic carbocycles. The van der Waals surface area contributed by atoms with Crippen LogP contribution >= 0.6 is 0 Å². The molecule has 0 fully saturated rings. The molecule has 0 aliphatic rings. The van der Waals surface area contributed by atoms with E-state index >= 15 is 0 Å². The second-order valence-corrected chi connectivity index (χ2v) is 6.59. The zero-order valence-corrected chi connectivity index (χ0v) is 16.3. The number of ether oxygens (including phenoxy) is 2. The lowest BCUT2D eigenvalue weighted by Crippen LogP contribution is -2.15. The van der Waals surface area contributed by atoms with Gasteiger partial charge in [-0.05, 0) is 32.9 Å². The molecular formula is C19H25N5O3. The average Bonchev–Trinajstić information content (AvgIpc) is 3.21. The predicted octanol–water partition coefficient (Wildman–Crippen LogP) is 3.17. The number of hydrogen-bond donors (Lipinski definition) is 1. The first-order valence-corrected chi connectivity index (χ1v) is 8.87. The zero-order valence-electron chi connectivity index (χ0n) is 16.3. The van der Waals surface area contributed by atoms with Gasteiger partial charge in [0.15, 0.2) is 0 Å². The molecule has 0 aliphatic carbocycles. The van der Waals surface area contributed by atoms with Crippen LogP contribution in [0.3, 0.4) is 0 Å². The molecule has 3 aromatic rings. The number of carbonyl (C=O) groups is 1. The molecule has 0 spiro atoms. The van der Waals surface area contributed by atoms with Crippen molar-refractivity contribution < 1.29 is 14.3 Å². The Bertz CT molecular complexity index is 958. The van der Waals surface area contributed by atoms with Crippen molar-refractivity contribution in [2.75, 3.05) is 19.5 Å². The molecule has 0 saturated heterocycles. The Morgan fingerprint density at radius 3 is 2.70 bits per heavy atom. The first kappa shape index (κ1) is 18.8. The minimum absolute atomic E-state index is 0.126. The number of hydrogen-bond acceptors (Lipinski definition) is 5. The molecule has 3 rings (SSSR count). The molecular weight excluding hydrogens is 346 g/mol. The second-order valence-electron chi connectivity index (χ2n) is 6.59. The van der Waals surface area contributed by atoms with Gasteiger partial charge in [-0.1, -0.05) is 0 Å². The van der Waals surface area contributed by atoms with Crippen LogP contribution in [-0.4, -0.2) is 39.7 Å². The molecule has 0 aliphatic heterocycles. The number of fused-ring (bicyclic) bond motifs is 1. The largest absolute Gasteiger partial charge is 0.497 e. The van der Waals surface area contributed by atoms with Gasteiger partial charge in [0.05, 0.1) is 38.3 Å². The summed E-state index contributed by atoms with van der Waals surface area (Å²) in [7, 11) is 3.14. The third kappa shape index (κ3) is 3.74. The van der Waals surface area contributed by atoms with Crippen molar-refractivity contribution in [1.29, 1.82) is 0 Å². The average molecular weight is 371 g/mol. The van der Waals surface area contributed by atoms with Crippen molar-refractivity contribution in [1.82, 2.24) is 19.6 Å². The molecule has 0 saturated carbocycles. The molecule has 2 heterocycles. The lowest BCUT2D eigenvalue weighted by molar-refractivity contribution is -0.116. The van der Waals surface area contributed by atoms with E-state index in [0.717, 1.165) is 16.7 Å². The number of anilines is 1. The maximum atomic E-state index is 12.4. The molecule has 0 bridgehead atoms. The van der Waals surface area contributed by atoms with Crippen LogP contribution < -0.4 is 14.8 Å². The van der Waals surface area contributed by atoms with E-state index in [4.69, 9.17) is 9.47 Å². The van der Waals surface area contributed by atoms with Gasteiger partial charge in [-0.2, -0.15) is 10.2 Å². The number of nitrogens with zero attached hydrogens (tertiary/aromatic N) is 4.